The lowest BCUT2D eigenvalue weighted by Gasteiger charge is -2.12. The lowest BCUT2D eigenvalue weighted by atomic mass is 10.1. The van der Waals surface area contributed by atoms with Crippen LogP contribution in [0.25, 0.3) is 17.1 Å². The first kappa shape index (κ1) is 19.2. The fourth-order valence-electron chi connectivity index (χ4n) is 3.59. The second kappa shape index (κ2) is 7.79. The van der Waals surface area contributed by atoms with Crippen molar-refractivity contribution in [3.8, 4) is 17.1 Å². The van der Waals surface area contributed by atoms with E-state index in [1.807, 2.05) is 51.7 Å². The highest BCUT2D eigenvalue weighted by molar-refractivity contribution is 6.05. The van der Waals surface area contributed by atoms with Gasteiger partial charge < -0.3 is 14.5 Å². The van der Waals surface area contributed by atoms with Crippen molar-refractivity contribution in [2.45, 2.75) is 38.6 Å². The number of carbonyl (C=O) groups excluding carboxylic acids is 1. The number of carbonyl (C=O) groups is 1. The number of hydrogen-bond donors (Lipinski definition) is 1. The molecule has 8 nitrogen and oxygen atoms in total. The van der Waals surface area contributed by atoms with Crippen molar-refractivity contribution in [1.82, 2.24) is 29.3 Å². The number of aromatic nitrogens is 6. The summed E-state index contributed by atoms with van der Waals surface area (Å²) >= 11 is 0. The molecule has 0 saturated heterocycles. The number of nitrogens with one attached hydrogen (secondary N) is 1. The normalized spacial score (nSPS) is 13.5. The molecular weight excluding hydrogens is 390 g/mol. The van der Waals surface area contributed by atoms with Crippen LogP contribution in [-0.2, 0) is 0 Å². The summed E-state index contributed by atoms with van der Waals surface area (Å²) in [6.45, 7) is 4.15. The molecule has 0 aliphatic heterocycles. The van der Waals surface area contributed by atoms with Gasteiger partial charge in [-0.25, -0.2) is 9.97 Å². The van der Waals surface area contributed by atoms with E-state index in [0.29, 0.717) is 23.0 Å². The quantitative estimate of drug-likeness (QED) is 0.511. The summed E-state index contributed by atoms with van der Waals surface area (Å²) in [5, 5.41) is 11.2. The predicted molar refractivity (Wildman–Crippen MR) is 117 cm³/mol. The third-order valence-corrected chi connectivity index (χ3v) is 5.39. The molecule has 3 aromatic heterocycles. The van der Waals surface area contributed by atoms with Gasteiger partial charge in [0.25, 0.3) is 5.91 Å². The Morgan fingerprint density at radius 2 is 2.00 bits per heavy atom. The zero-order valence-corrected chi connectivity index (χ0v) is 17.4. The first-order valence-electron chi connectivity index (χ1n) is 10.4. The zero-order valence-electron chi connectivity index (χ0n) is 17.4. The first-order valence-corrected chi connectivity index (χ1v) is 10.4. The van der Waals surface area contributed by atoms with Crippen molar-refractivity contribution in [2.24, 2.45) is 0 Å². The van der Waals surface area contributed by atoms with Gasteiger partial charge in [-0.3, -0.25) is 4.79 Å². The second-order valence-electron chi connectivity index (χ2n) is 8.04. The van der Waals surface area contributed by atoms with Crippen LogP contribution in [0.3, 0.4) is 0 Å². The van der Waals surface area contributed by atoms with Gasteiger partial charge in [-0.2, -0.15) is 0 Å². The van der Waals surface area contributed by atoms with E-state index in [2.05, 4.69) is 39.3 Å². The molecule has 1 saturated carbocycles. The number of anilines is 1. The maximum absolute atomic E-state index is 13.1. The van der Waals surface area contributed by atoms with Gasteiger partial charge in [0, 0.05) is 35.6 Å². The number of benzene rings is 1. The maximum Gasteiger partial charge on any atom is 0.276 e. The fraction of sp³-hybridized carbons (Fsp3) is 0.261. The van der Waals surface area contributed by atoms with Crippen LogP contribution in [0.5, 0.6) is 0 Å². The Kier molecular flexibility index (Phi) is 4.82. The summed E-state index contributed by atoms with van der Waals surface area (Å²) in [5.41, 5.74) is 3.67. The Bertz CT molecular complexity index is 1240. The van der Waals surface area contributed by atoms with Crippen molar-refractivity contribution >= 4 is 11.6 Å². The van der Waals surface area contributed by atoms with Gasteiger partial charge >= 0.3 is 0 Å². The number of pyridine rings is 1. The SMILES string of the molecule is CC(C)n1cnnc1-c1cccc(NC(=O)c2ncccc2-n2cnc(C3CC3)c2)c1. The average Bonchev–Trinajstić information content (AvgIpc) is 3.30. The second-order valence-corrected chi connectivity index (χ2v) is 8.04. The van der Waals surface area contributed by atoms with Crippen LogP contribution in [0.2, 0.25) is 0 Å². The summed E-state index contributed by atoms with van der Waals surface area (Å²) in [6.07, 6.45) is 9.44. The molecule has 1 aliphatic rings. The molecule has 8 heteroatoms. The Labute approximate surface area is 180 Å². The van der Waals surface area contributed by atoms with E-state index >= 15 is 0 Å². The van der Waals surface area contributed by atoms with E-state index < -0.39 is 0 Å². The summed E-state index contributed by atoms with van der Waals surface area (Å²) < 4.78 is 3.87. The number of imidazole rings is 1. The van der Waals surface area contributed by atoms with Crippen molar-refractivity contribution < 1.29 is 4.79 Å². The Balaban J connectivity index is 1.41. The number of rotatable bonds is 6. The third kappa shape index (κ3) is 3.84. The van der Waals surface area contributed by atoms with Crippen molar-refractivity contribution in [3.05, 3.63) is 72.8 Å². The minimum absolute atomic E-state index is 0.232. The van der Waals surface area contributed by atoms with Crippen molar-refractivity contribution in [3.63, 3.8) is 0 Å². The summed E-state index contributed by atoms with van der Waals surface area (Å²) in [4.78, 5) is 21.9. The Hall–Kier alpha value is -3.81. The summed E-state index contributed by atoms with van der Waals surface area (Å²) in [7, 11) is 0. The van der Waals surface area contributed by atoms with Gasteiger partial charge in [-0.15, -0.1) is 10.2 Å². The van der Waals surface area contributed by atoms with Crippen LogP contribution in [0.4, 0.5) is 5.69 Å². The minimum Gasteiger partial charge on any atom is -0.321 e. The van der Waals surface area contributed by atoms with Crippen LogP contribution < -0.4 is 5.32 Å². The van der Waals surface area contributed by atoms with E-state index in [9.17, 15) is 4.79 Å². The Morgan fingerprint density at radius 1 is 1.13 bits per heavy atom. The lowest BCUT2D eigenvalue weighted by molar-refractivity contribution is 0.102. The number of hydrogen-bond acceptors (Lipinski definition) is 5. The largest absolute Gasteiger partial charge is 0.321 e. The van der Waals surface area contributed by atoms with E-state index in [0.717, 1.165) is 17.1 Å². The van der Waals surface area contributed by atoms with Gasteiger partial charge in [0.05, 0.1) is 17.7 Å². The molecule has 5 rings (SSSR count). The van der Waals surface area contributed by atoms with Gasteiger partial charge in [-0.05, 0) is 51.0 Å². The van der Waals surface area contributed by atoms with E-state index in [1.165, 1.54) is 12.8 Å². The van der Waals surface area contributed by atoms with E-state index in [1.54, 1.807) is 18.9 Å². The molecule has 31 heavy (non-hydrogen) atoms. The van der Waals surface area contributed by atoms with Gasteiger partial charge in [0.15, 0.2) is 11.5 Å². The van der Waals surface area contributed by atoms with Crippen LogP contribution in [0, 0.1) is 0 Å². The van der Waals surface area contributed by atoms with Crippen LogP contribution in [-0.4, -0.2) is 35.2 Å². The highest BCUT2D eigenvalue weighted by Gasteiger charge is 2.26. The lowest BCUT2D eigenvalue weighted by Crippen LogP contribution is -2.16. The molecule has 0 atom stereocenters. The predicted octanol–water partition coefficient (Wildman–Crippen LogP) is 4.24. The molecule has 1 amide bonds. The van der Waals surface area contributed by atoms with Crippen molar-refractivity contribution in [1.29, 1.82) is 0 Å². The van der Waals surface area contributed by atoms with Crippen molar-refractivity contribution in [2.75, 3.05) is 5.32 Å². The molecule has 0 radical (unpaired) electrons. The highest BCUT2D eigenvalue weighted by Crippen LogP contribution is 2.39. The highest BCUT2D eigenvalue weighted by atomic mass is 16.1. The monoisotopic (exact) mass is 413 g/mol. The zero-order chi connectivity index (χ0) is 21.4. The van der Waals surface area contributed by atoms with Crippen LogP contribution in [0.1, 0.15) is 54.8 Å². The molecule has 1 aliphatic carbocycles. The molecule has 1 aromatic carbocycles. The van der Waals surface area contributed by atoms with E-state index in [-0.39, 0.29) is 11.9 Å². The van der Waals surface area contributed by atoms with Gasteiger partial charge in [0.1, 0.15) is 6.33 Å². The van der Waals surface area contributed by atoms with E-state index in [4.69, 9.17) is 0 Å². The molecule has 3 heterocycles. The maximum atomic E-state index is 13.1. The molecule has 0 spiro atoms. The third-order valence-electron chi connectivity index (χ3n) is 5.39. The van der Waals surface area contributed by atoms with Crippen LogP contribution in [0.15, 0.2) is 61.4 Å². The van der Waals surface area contributed by atoms with Gasteiger partial charge in [0.2, 0.25) is 0 Å². The summed E-state index contributed by atoms with van der Waals surface area (Å²) in [5.74, 6) is 1.03. The smallest absolute Gasteiger partial charge is 0.276 e. The molecule has 0 unspecified atom stereocenters. The first-order chi connectivity index (χ1) is 15.1. The minimum atomic E-state index is -0.278. The number of amides is 1. The number of nitrogens with zero attached hydrogens (tertiary/aromatic N) is 6. The standard InChI is InChI=1S/C23H23N7O/c1-15(2)30-14-26-28-22(30)17-5-3-6-18(11-17)27-23(31)21-20(7-4-10-24-21)29-12-19(25-13-29)16-8-9-16/h3-7,10-16H,8-9H2,1-2H3,(H,27,31). The molecule has 156 valence electrons. The average molecular weight is 413 g/mol. The molecule has 4 aromatic rings. The van der Waals surface area contributed by atoms with Gasteiger partial charge in [-0.1, -0.05) is 12.1 Å². The van der Waals surface area contributed by atoms with Crippen LogP contribution >= 0.6 is 0 Å². The Morgan fingerprint density at radius 3 is 2.81 bits per heavy atom. The summed E-state index contributed by atoms with van der Waals surface area (Å²) in [6, 6.07) is 11.5. The topological polar surface area (TPSA) is 90.5 Å². The fourth-order valence-corrected chi connectivity index (χ4v) is 3.59. The molecule has 1 N–H and O–H groups in total. The molecule has 1 fully saturated rings. The molecular formula is C23H23N7O. The molecule has 0 bridgehead atoms.